The summed E-state index contributed by atoms with van der Waals surface area (Å²) < 4.78 is 27.0. The van der Waals surface area contributed by atoms with Crippen LogP contribution in [0.1, 0.15) is 38.4 Å². The summed E-state index contributed by atoms with van der Waals surface area (Å²) in [6.07, 6.45) is 3.99. The van der Waals surface area contributed by atoms with E-state index in [4.69, 9.17) is 0 Å². The number of aromatic nitrogens is 2. The van der Waals surface area contributed by atoms with E-state index in [1.54, 1.807) is 12.1 Å². The van der Waals surface area contributed by atoms with Gasteiger partial charge in [-0.25, -0.2) is 4.39 Å². The molecule has 5 heteroatoms. The zero-order valence-electron chi connectivity index (χ0n) is 11.8. The minimum Gasteiger partial charge on any atom is -0.269 e. The van der Waals surface area contributed by atoms with Gasteiger partial charge in [0, 0.05) is 11.1 Å². The number of hydrogen-bond donors (Lipinski definition) is 0. The van der Waals surface area contributed by atoms with Gasteiger partial charge in [-0.1, -0.05) is 13.8 Å². The van der Waals surface area contributed by atoms with Crippen LogP contribution < -0.4 is 0 Å². The van der Waals surface area contributed by atoms with Crippen molar-refractivity contribution in [1.29, 1.82) is 0 Å². The molecule has 2 aromatic rings. The lowest BCUT2D eigenvalue weighted by Crippen LogP contribution is -2.08. The second kappa shape index (κ2) is 6.79. The van der Waals surface area contributed by atoms with Crippen molar-refractivity contribution < 1.29 is 8.60 Å². The molecule has 0 bridgehead atoms. The highest BCUT2D eigenvalue weighted by Crippen LogP contribution is 2.16. The number of nitrogens with zero attached hydrogens (tertiary/aromatic N) is 2. The lowest BCUT2D eigenvalue weighted by molar-refractivity contribution is 0.426. The van der Waals surface area contributed by atoms with Crippen LogP contribution in [0.2, 0.25) is 0 Å². The molecule has 0 aliphatic rings. The molecule has 3 nitrogen and oxygen atoms in total. The minimum atomic E-state index is -1.19. The maximum absolute atomic E-state index is 12.8. The molecular weight excluding hydrogens is 275 g/mol. The molecule has 1 heterocycles. The van der Waals surface area contributed by atoms with E-state index in [-0.39, 0.29) is 5.82 Å². The second-order valence-electron chi connectivity index (χ2n) is 4.70. The average Bonchev–Trinajstić information content (AvgIpc) is 2.89. The fourth-order valence-corrected chi connectivity index (χ4v) is 3.15. The number of halogens is 1. The lowest BCUT2D eigenvalue weighted by atomic mass is 10.2. The molecule has 0 aliphatic carbocycles. The van der Waals surface area contributed by atoms with E-state index >= 15 is 0 Å². The normalized spacial score (nSPS) is 12.8. The Morgan fingerprint density at radius 1 is 1.20 bits per heavy atom. The van der Waals surface area contributed by atoms with E-state index in [1.165, 1.54) is 12.1 Å². The van der Waals surface area contributed by atoms with Gasteiger partial charge in [-0.3, -0.25) is 8.89 Å². The van der Waals surface area contributed by atoms with Crippen molar-refractivity contribution in [1.82, 2.24) is 9.78 Å². The van der Waals surface area contributed by atoms with Gasteiger partial charge in [0.1, 0.15) is 5.82 Å². The molecule has 0 N–H and O–H groups in total. The summed E-state index contributed by atoms with van der Waals surface area (Å²) in [5, 5.41) is 4.48. The molecular formula is C15H19FN2OS. The number of hydrogen-bond acceptors (Lipinski definition) is 2. The summed E-state index contributed by atoms with van der Waals surface area (Å²) in [5.74, 6) is 0.0439. The van der Waals surface area contributed by atoms with E-state index < -0.39 is 10.8 Å². The first kappa shape index (κ1) is 14.9. The Morgan fingerprint density at radius 3 is 2.45 bits per heavy atom. The minimum absolute atomic E-state index is 0.316. The van der Waals surface area contributed by atoms with Crippen LogP contribution in [0.25, 0.3) is 0 Å². The van der Waals surface area contributed by atoms with Crippen molar-refractivity contribution >= 4 is 10.8 Å². The van der Waals surface area contributed by atoms with Gasteiger partial charge in [-0.15, -0.1) is 0 Å². The Hall–Kier alpha value is -1.49. The number of rotatable bonds is 6. The van der Waals surface area contributed by atoms with Gasteiger partial charge in [0.2, 0.25) is 0 Å². The van der Waals surface area contributed by atoms with Gasteiger partial charge >= 0.3 is 0 Å². The zero-order chi connectivity index (χ0) is 14.5. The van der Waals surface area contributed by atoms with Crippen LogP contribution in [0.3, 0.4) is 0 Å². The Bertz CT molecular complexity index is 576. The molecule has 1 aromatic heterocycles. The SMILES string of the molecule is CCC(CC)n1ccc(CS(=O)c2ccc(F)cc2)n1. The summed E-state index contributed by atoms with van der Waals surface area (Å²) in [4.78, 5) is 0.628. The van der Waals surface area contributed by atoms with Gasteiger partial charge < -0.3 is 0 Å². The van der Waals surface area contributed by atoms with Crippen molar-refractivity contribution in [3.8, 4) is 0 Å². The summed E-state index contributed by atoms with van der Waals surface area (Å²) in [6, 6.07) is 8.07. The molecule has 0 amide bonds. The van der Waals surface area contributed by atoms with Gasteiger partial charge in [0.25, 0.3) is 0 Å². The van der Waals surface area contributed by atoms with Crippen molar-refractivity contribution in [2.75, 3.05) is 0 Å². The van der Waals surface area contributed by atoms with Crippen LogP contribution in [-0.2, 0) is 16.6 Å². The molecule has 1 unspecified atom stereocenters. The molecule has 0 fully saturated rings. The first-order valence-corrected chi connectivity index (χ1v) is 8.14. The molecule has 0 spiro atoms. The topological polar surface area (TPSA) is 34.9 Å². The molecule has 0 saturated heterocycles. The highest BCUT2D eigenvalue weighted by atomic mass is 32.2. The summed E-state index contributed by atoms with van der Waals surface area (Å²) in [5.41, 5.74) is 0.805. The number of benzene rings is 1. The highest BCUT2D eigenvalue weighted by molar-refractivity contribution is 7.84. The predicted molar refractivity (Wildman–Crippen MR) is 78.4 cm³/mol. The fraction of sp³-hybridized carbons (Fsp3) is 0.400. The van der Waals surface area contributed by atoms with Crippen LogP contribution in [0.5, 0.6) is 0 Å². The lowest BCUT2D eigenvalue weighted by Gasteiger charge is -2.12. The van der Waals surface area contributed by atoms with Crippen molar-refractivity contribution in [3.63, 3.8) is 0 Å². The largest absolute Gasteiger partial charge is 0.269 e. The quantitative estimate of drug-likeness (QED) is 0.814. The van der Waals surface area contributed by atoms with E-state index in [0.717, 1.165) is 18.5 Å². The summed E-state index contributed by atoms with van der Waals surface area (Å²) >= 11 is 0. The molecule has 0 radical (unpaired) electrons. The van der Waals surface area contributed by atoms with E-state index in [0.29, 0.717) is 16.7 Å². The second-order valence-corrected chi connectivity index (χ2v) is 6.15. The third kappa shape index (κ3) is 3.54. The van der Waals surface area contributed by atoms with Crippen molar-refractivity contribution in [2.45, 2.75) is 43.4 Å². The predicted octanol–water partition coefficient (Wildman–Crippen LogP) is 3.69. The highest BCUT2D eigenvalue weighted by Gasteiger charge is 2.11. The van der Waals surface area contributed by atoms with Crippen LogP contribution in [0, 0.1) is 5.82 Å². The van der Waals surface area contributed by atoms with E-state index in [2.05, 4.69) is 18.9 Å². The smallest absolute Gasteiger partial charge is 0.123 e. The van der Waals surface area contributed by atoms with Crippen LogP contribution in [-0.4, -0.2) is 14.0 Å². The Balaban J connectivity index is 2.06. The molecule has 1 atom stereocenters. The third-order valence-corrected chi connectivity index (χ3v) is 4.69. The summed E-state index contributed by atoms with van der Waals surface area (Å²) in [6.45, 7) is 4.26. The van der Waals surface area contributed by atoms with E-state index in [1.807, 2.05) is 16.9 Å². The third-order valence-electron chi connectivity index (χ3n) is 3.34. The molecule has 108 valence electrons. The molecule has 1 aromatic carbocycles. The van der Waals surface area contributed by atoms with Gasteiger partial charge in [0.05, 0.1) is 28.3 Å². The summed E-state index contributed by atoms with van der Waals surface area (Å²) in [7, 11) is -1.19. The standard InChI is InChI=1S/C15H19FN2OS/c1-3-14(4-2)18-10-9-13(17-18)11-20(19)15-7-5-12(16)6-8-15/h5-10,14H,3-4,11H2,1-2H3. The van der Waals surface area contributed by atoms with Crippen LogP contribution >= 0.6 is 0 Å². The monoisotopic (exact) mass is 294 g/mol. The Labute approximate surface area is 121 Å². The molecule has 0 aliphatic heterocycles. The average molecular weight is 294 g/mol. The first-order valence-electron chi connectivity index (χ1n) is 6.82. The maximum Gasteiger partial charge on any atom is 0.123 e. The molecule has 0 saturated carbocycles. The van der Waals surface area contributed by atoms with Crippen LogP contribution in [0.4, 0.5) is 4.39 Å². The molecule has 2 rings (SSSR count). The fourth-order valence-electron chi connectivity index (χ4n) is 2.12. The van der Waals surface area contributed by atoms with Crippen molar-refractivity contribution in [2.24, 2.45) is 0 Å². The Kier molecular flexibility index (Phi) is 5.06. The Morgan fingerprint density at radius 2 is 1.85 bits per heavy atom. The zero-order valence-corrected chi connectivity index (χ0v) is 12.6. The van der Waals surface area contributed by atoms with Gasteiger partial charge in [0.15, 0.2) is 0 Å². The first-order chi connectivity index (χ1) is 9.63. The van der Waals surface area contributed by atoms with E-state index in [9.17, 15) is 8.60 Å². The maximum atomic E-state index is 12.8. The molecule has 20 heavy (non-hydrogen) atoms. The van der Waals surface area contributed by atoms with Crippen LogP contribution in [0.15, 0.2) is 41.4 Å². The van der Waals surface area contributed by atoms with Crippen molar-refractivity contribution in [3.05, 3.63) is 48.0 Å². The van der Waals surface area contributed by atoms with Gasteiger partial charge in [-0.05, 0) is 43.2 Å². The van der Waals surface area contributed by atoms with Gasteiger partial charge in [-0.2, -0.15) is 5.10 Å².